The maximum atomic E-state index is 11.1. The molecule has 1 aromatic carbocycles. The molecule has 1 saturated heterocycles. The van der Waals surface area contributed by atoms with Crippen molar-refractivity contribution in [1.29, 1.82) is 0 Å². The minimum Gasteiger partial charge on any atom is -0.465 e. The number of nitrogens with one attached hydrogen (secondary N) is 3. The molecule has 4 rings (SSSR count). The molecule has 1 atom stereocenters. The number of hydrogen-bond donors (Lipinski definition) is 4. The van der Waals surface area contributed by atoms with Gasteiger partial charge in [0, 0.05) is 24.3 Å². The van der Waals surface area contributed by atoms with E-state index in [1.54, 1.807) is 22.8 Å². The zero-order valence-electron chi connectivity index (χ0n) is 17.6. The third-order valence-corrected chi connectivity index (χ3v) is 5.22. The number of carbonyl (C=O) groups is 1. The van der Waals surface area contributed by atoms with E-state index in [9.17, 15) is 4.79 Å². The fourth-order valence-corrected chi connectivity index (χ4v) is 3.60. The Bertz CT molecular complexity index is 1060. The monoisotopic (exact) mass is 425 g/mol. The van der Waals surface area contributed by atoms with Gasteiger partial charge in [0.15, 0.2) is 5.65 Å². The summed E-state index contributed by atoms with van der Waals surface area (Å²) in [4.78, 5) is 20.3. The quantitative estimate of drug-likeness (QED) is 0.455. The molecule has 0 radical (unpaired) electrons. The molecule has 1 amide bonds. The fraction of sp³-hybridized carbons (Fsp3) is 0.429. The van der Waals surface area contributed by atoms with E-state index >= 15 is 0 Å². The van der Waals surface area contributed by atoms with E-state index in [-0.39, 0.29) is 12.0 Å². The van der Waals surface area contributed by atoms with Crippen LogP contribution in [0.2, 0.25) is 0 Å². The van der Waals surface area contributed by atoms with Crippen molar-refractivity contribution in [2.45, 2.75) is 45.3 Å². The maximum Gasteiger partial charge on any atom is 0.409 e. The summed E-state index contributed by atoms with van der Waals surface area (Å²) in [6.45, 7) is 6.29. The van der Waals surface area contributed by atoms with Gasteiger partial charge in [0.2, 0.25) is 5.95 Å². The Morgan fingerprint density at radius 3 is 2.94 bits per heavy atom. The van der Waals surface area contributed by atoms with Crippen molar-refractivity contribution < 1.29 is 14.6 Å². The van der Waals surface area contributed by atoms with Crippen molar-refractivity contribution in [3.05, 3.63) is 41.6 Å². The number of carboxylic acid groups (broad SMARTS) is 1. The molecule has 0 bridgehead atoms. The van der Waals surface area contributed by atoms with Gasteiger partial charge in [-0.15, -0.1) is 0 Å². The molecule has 0 saturated carbocycles. The highest BCUT2D eigenvalue weighted by Crippen LogP contribution is 2.24. The summed E-state index contributed by atoms with van der Waals surface area (Å²) in [6, 6.07) is 7.52. The van der Waals surface area contributed by atoms with Crippen LogP contribution in [0.25, 0.3) is 5.65 Å². The van der Waals surface area contributed by atoms with E-state index in [0.717, 1.165) is 37.1 Å². The number of piperidine rings is 1. The van der Waals surface area contributed by atoms with Crippen LogP contribution >= 0.6 is 0 Å². The van der Waals surface area contributed by atoms with E-state index in [4.69, 9.17) is 9.84 Å². The predicted octanol–water partition coefficient (Wildman–Crippen LogP) is 3.08. The number of aromatic nitrogens is 4. The summed E-state index contributed by atoms with van der Waals surface area (Å²) in [6.07, 6.45) is 2.72. The Labute approximate surface area is 180 Å². The molecule has 1 fully saturated rings. The second-order valence-electron chi connectivity index (χ2n) is 7.85. The van der Waals surface area contributed by atoms with Crippen LogP contribution in [0.3, 0.4) is 0 Å². The molecule has 3 heterocycles. The van der Waals surface area contributed by atoms with Crippen LogP contribution in [0, 0.1) is 0 Å². The minimum absolute atomic E-state index is 0.0231. The summed E-state index contributed by atoms with van der Waals surface area (Å²) in [7, 11) is 0. The van der Waals surface area contributed by atoms with Crippen molar-refractivity contribution in [3.63, 3.8) is 0 Å². The predicted molar refractivity (Wildman–Crippen MR) is 117 cm³/mol. The number of para-hydroxylation sites is 1. The van der Waals surface area contributed by atoms with Crippen molar-refractivity contribution in [3.8, 4) is 6.01 Å². The smallest absolute Gasteiger partial charge is 0.409 e. The van der Waals surface area contributed by atoms with Gasteiger partial charge < -0.3 is 20.5 Å². The highest BCUT2D eigenvalue weighted by Gasteiger charge is 2.20. The Balaban J connectivity index is 1.63. The maximum absolute atomic E-state index is 11.1. The van der Waals surface area contributed by atoms with Crippen LogP contribution in [-0.4, -0.2) is 50.0 Å². The van der Waals surface area contributed by atoms with Crippen LogP contribution in [0.15, 0.2) is 30.5 Å². The van der Waals surface area contributed by atoms with Gasteiger partial charge in [-0.25, -0.2) is 4.79 Å². The second-order valence-corrected chi connectivity index (χ2v) is 7.85. The molecular weight excluding hydrogens is 398 g/mol. The molecule has 0 spiro atoms. The number of hydrogen-bond acceptors (Lipinski definition) is 7. The zero-order valence-corrected chi connectivity index (χ0v) is 17.6. The first-order chi connectivity index (χ1) is 15.0. The van der Waals surface area contributed by atoms with Gasteiger partial charge in [0.05, 0.1) is 6.20 Å². The van der Waals surface area contributed by atoms with Gasteiger partial charge in [-0.2, -0.15) is 19.6 Å². The standard InChI is InChI=1S/C21H27N7O3/c1-13(2)16-12-24-28-18(16)26-20(31-15-7-5-9-22-11-15)27-19(28)23-10-14-6-3-4-8-17(14)25-21(29)30/h3-4,6,8,12-13,15,22,25H,5,7,9-11H2,1-2H3,(H,29,30)(H,23,26,27). The Morgan fingerprint density at radius 1 is 1.35 bits per heavy atom. The first-order valence-electron chi connectivity index (χ1n) is 10.5. The first-order valence-corrected chi connectivity index (χ1v) is 10.5. The number of benzene rings is 1. The summed E-state index contributed by atoms with van der Waals surface area (Å²) in [5.74, 6) is 0.728. The first kappa shape index (κ1) is 20.9. The van der Waals surface area contributed by atoms with Crippen LogP contribution in [0.5, 0.6) is 6.01 Å². The fourth-order valence-electron chi connectivity index (χ4n) is 3.60. The van der Waals surface area contributed by atoms with Crippen LogP contribution in [0.4, 0.5) is 16.4 Å². The van der Waals surface area contributed by atoms with Gasteiger partial charge in [-0.1, -0.05) is 32.0 Å². The third kappa shape index (κ3) is 4.85. The largest absolute Gasteiger partial charge is 0.465 e. The Hall–Kier alpha value is -3.40. The number of anilines is 2. The molecule has 0 aliphatic carbocycles. The lowest BCUT2D eigenvalue weighted by Crippen LogP contribution is -2.37. The lowest BCUT2D eigenvalue weighted by atomic mass is 10.1. The van der Waals surface area contributed by atoms with Gasteiger partial charge in [-0.3, -0.25) is 5.32 Å². The van der Waals surface area contributed by atoms with Crippen molar-refractivity contribution in [2.24, 2.45) is 0 Å². The topological polar surface area (TPSA) is 126 Å². The molecule has 1 aliphatic heterocycles. The molecular formula is C21H27N7O3. The van der Waals surface area contributed by atoms with E-state index in [0.29, 0.717) is 29.8 Å². The van der Waals surface area contributed by atoms with E-state index in [1.165, 1.54) is 0 Å². The van der Waals surface area contributed by atoms with Crippen molar-refractivity contribution in [2.75, 3.05) is 23.7 Å². The molecule has 1 unspecified atom stereocenters. The van der Waals surface area contributed by atoms with Crippen molar-refractivity contribution >= 4 is 23.4 Å². The molecule has 1 aliphatic rings. The van der Waals surface area contributed by atoms with Crippen LogP contribution in [-0.2, 0) is 6.54 Å². The van der Waals surface area contributed by atoms with E-state index in [2.05, 4.69) is 44.9 Å². The highest BCUT2D eigenvalue weighted by atomic mass is 16.5. The van der Waals surface area contributed by atoms with E-state index < -0.39 is 6.09 Å². The Morgan fingerprint density at radius 2 is 2.19 bits per heavy atom. The summed E-state index contributed by atoms with van der Waals surface area (Å²) < 4.78 is 7.74. The van der Waals surface area contributed by atoms with Gasteiger partial charge in [-0.05, 0) is 36.9 Å². The summed E-state index contributed by atoms with van der Waals surface area (Å²) >= 11 is 0. The average molecular weight is 425 g/mol. The molecule has 4 N–H and O–H groups in total. The molecule has 10 heteroatoms. The normalized spacial score (nSPS) is 16.4. The minimum atomic E-state index is -1.11. The lowest BCUT2D eigenvalue weighted by molar-refractivity contribution is 0.153. The van der Waals surface area contributed by atoms with Gasteiger partial charge >= 0.3 is 12.1 Å². The Kier molecular flexibility index (Phi) is 6.17. The average Bonchev–Trinajstić information content (AvgIpc) is 3.18. The molecule has 3 aromatic rings. The third-order valence-electron chi connectivity index (χ3n) is 5.22. The zero-order chi connectivity index (χ0) is 21.8. The number of fused-ring (bicyclic) bond motifs is 1. The van der Waals surface area contributed by atoms with Crippen LogP contribution < -0.4 is 20.7 Å². The molecule has 2 aromatic heterocycles. The van der Waals surface area contributed by atoms with Crippen molar-refractivity contribution in [1.82, 2.24) is 24.9 Å². The van der Waals surface area contributed by atoms with Crippen LogP contribution in [0.1, 0.15) is 43.7 Å². The highest BCUT2D eigenvalue weighted by molar-refractivity contribution is 5.84. The molecule has 31 heavy (non-hydrogen) atoms. The SMILES string of the molecule is CC(C)c1cnn2c(NCc3ccccc3NC(=O)O)nc(OC3CCCNC3)nc12. The summed E-state index contributed by atoms with van der Waals surface area (Å²) in [5.41, 5.74) is 3.00. The van der Waals surface area contributed by atoms with Gasteiger partial charge in [0.1, 0.15) is 6.10 Å². The number of ether oxygens (including phenoxy) is 1. The lowest BCUT2D eigenvalue weighted by Gasteiger charge is -2.23. The van der Waals surface area contributed by atoms with Gasteiger partial charge in [0.25, 0.3) is 0 Å². The molecule has 10 nitrogen and oxygen atoms in total. The summed E-state index contributed by atoms with van der Waals surface area (Å²) in [5, 5.41) is 22.6. The van der Waals surface area contributed by atoms with E-state index in [1.807, 2.05) is 12.1 Å². The molecule has 164 valence electrons. The number of nitrogens with zero attached hydrogens (tertiary/aromatic N) is 4. The second kappa shape index (κ2) is 9.17. The number of amides is 1. The number of rotatable bonds is 7.